The second-order valence-corrected chi connectivity index (χ2v) is 10.6. The fourth-order valence-corrected chi connectivity index (χ4v) is 4.59. The van der Waals surface area contributed by atoms with Crippen LogP contribution in [0.15, 0.2) is 24.5 Å². The number of carbonyl (C=O) groups is 2. The number of fused-ring (bicyclic) bond motifs is 1. The maximum absolute atomic E-state index is 14.1. The maximum atomic E-state index is 14.1. The molecule has 1 atom stereocenters. The van der Waals surface area contributed by atoms with Crippen LogP contribution in [0, 0.1) is 0 Å². The van der Waals surface area contributed by atoms with Crippen molar-refractivity contribution in [1.29, 1.82) is 0 Å². The van der Waals surface area contributed by atoms with Crippen LogP contribution < -0.4 is 10.6 Å². The van der Waals surface area contributed by atoms with E-state index in [1.165, 1.54) is 4.90 Å². The van der Waals surface area contributed by atoms with E-state index in [9.17, 15) is 35.9 Å². The molecule has 3 aromatic rings. The molecule has 1 aliphatic heterocycles. The lowest BCUT2D eigenvalue weighted by atomic mass is 10.0. The van der Waals surface area contributed by atoms with Gasteiger partial charge in [0.25, 0.3) is 0 Å². The summed E-state index contributed by atoms with van der Waals surface area (Å²) in [5, 5.41) is 4.69. The fourth-order valence-electron chi connectivity index (χ4n) is 4.59. The number of benzene rings is 1. The zero-order chi connectivity index (χ0) is 31.0. The number of likely N-dealkylation sites (tertiary alicyclic amines) is 1. The smallest absolute Gasteiger partial charge is 0.420 e. The third kappa shape index (κ3) is 6.79. The van der Waals surface area contributed by atoms with Gasteiger partial charge in [-0.2, -0.15) is 26.3 Å². The highest BCUT2D eigenvalue weighted by atomic mass is 19.4. The number of hydrogen-bond donors (Lipinski definition) is 3. The maximum Gasteiger partial charge on any atom is 0.420 e. The number of amides is 2. The number of carbonyl (C=O) groups excluding carboxylic acids is 2. The Morgan fingerprint density at radius 1 is 1.10 bits per heavy atom. The van der Waals surface area contributed by atoms with Gasteiger partial charge in [0.2, 0.25) is 5.95 Å². The van der Waals surface area contributed by atoms with Gasteiger partial charge in [-0.1, -0.05) is 6.07 Å². The van der Waals surface area contributed by atoms with E-state index in [0.29, 0.717) is 25.6 Å². The van der Waals surface area contributed by atoms with Crippen LogP contribution in [0.4, 0.5) is 47.6 Å². The summed E-state index contributed by atoms with van der Waals surface area (Å²) in [7, 11) is 0.968. The molecular formula is C26H28F6N6O4. The second kappa shape index (κ2) is 11.2. The van der Waals surface area contributed by atoms with E-state index < -0.39 is 64.2 Å². The Hall–Kier alpha value is -4.24. The average Bonchev–Trinajstić information content (AvgIpc) is 3.30. The number of aromatic amines is 1. The van der Waals surface area contributed by atoms with Gasteiger partial charge in [-0.25, -0.2) is 19.6 Å². The monoisotopic (exact) mass is 602 g/mol. The van der Waals surface area contributed by atoms with Gasteiger partial charge in [0, 0.05) is 42.5 Å². The van der Waals surface area contributed by atoms with Gasteiger partial charge in [0.1, 0.15) is 16.7 Å². The second-order valence-electron chi connectivity index (χ2n) is 10.6. The number of nitrogens with zero attached hydrogens (tertiary/aromatic N) is 3. The first-order chi connectivity index (χ1) is 19.5. The highest BCUT2D eigenvalue weighted by Crippen LogP contribution is 2.44. The minimum atomic E-state index is -5.00. The quantitative estimate of drug-likeness (QED) is 0.286. The van der Waals surface area contributed by atoms with Gasteiger partial charge in [-0.15, -0.1) is 0 Å². The summed E-state index contributed by atoms with van der Waals surface area (Å²) in [6.07, 6.45) is -8.97. The van der Waals surface area contributed by atoms with Crippen molar-refractivity contribution in [1.82, 2.24) is 19.9 Å². The summed E-state index contributed by atoms with van der Waals surface area (Å²) >= 11 is 0. The van der Waals surface area contributed by atoms with Crippen molar-refractivity contribution in [2.24, 2.45) is 0 Å². The van der Waals surface area contributed by atoms with E-state index in [1.54, 1.807) is 20.8 Å². The van der Waals surface area contributed by atoms with Gasteiger partial charge in [-0.05, 0) is 39.7 Å². The number of alkyl halides is 6. The summed E-state index contributed by atoms with van der Waals surface area (Å²) in [4.78, 5) is 35.8. The number of piperidine rings is 1. The number of hydrogen-bond acceptors (Lipinski definition) is 7. The predicted molar refractivity (Wildman–Crippen MR) is 140 cm³/mol. The van der Waals surface area contributed by atoms with E-state index in [1.807, 2.05) is 5.32 Å². The van der Waals surface area contributed by atoms with Crippen molar-refractivity contribution in [3.8, 4) is 11.3 Å². The van der Waals surface area contributed by atoms with Gasteiger partial charge in [0.15, 0.2) is 0 Å². The number of nitrogens with one attached hydrogen (secondary N) is 3. The largest absolute Gasteiger partial charge is 0.453 e. The molecular weight excluding hydrogens is 574 g/mol. The lowest BCUT2D eigenvalue weighted by Gasteiger charge is -2.34. The van der Waals surface area contributed by atoms with Crippen molar-refractivity contribution in [3.63, 3.8) is 0 Å². The summed E-state index contributed by atoms with van der Waals surface area (Å²) in [5.74, 6) is -0.205. The molecule has 1 saturated heterocycles. The Kier molecular flexibility index (Phi) is 8.20. The van der Waals surface area contributed by atoms with Crippen LogP contribution in [-0.4, -0.2) is 63.9 Å². The van der Waals surface area contributed by atoms with Gasteiger partial charge in [-0.3, -0.25) is 5.32 Å². The van der Waals surface area contributed by atoms with Crippen molar-refractivity contribution >= 4 is 34.7 Å². The molecule has 42 heavy (non-hydrogen) atoms. The van der Waals surface area contributed by atoms with Crippen LogP contribution in [0.5, 0.6) is 0 Å². The fraction of sp³-hybridized carbons (Fsp3) is 0.462. The number of halogens is 6. The Morgan fingerprint density at radius 3 is 2.43 bits per heavy atom. The lowest BCUT2D eigenvalue weighted by Crippen LogP contribution is -2.47. The molecule has 1 unspecified atom stereocenters. The van der Waals surface area contributed by atoms with E-state index in [0.717, 1.165) is 25.4 Å². The molecule has 1 aliphatic rings. The Balaban J connectivity index is 1.73. The van der Waals surface area contributed by atoms with Crippen LogP contribution >= 0.6 is 0 Å². The molecule has 2 aromatic heterocycles. The molecule has 16 heteroatoms. The first-order valence-electron chi connectivity index (χ1n) is 12.7. The Labute approximate surface area is 235 Å². The van der Waals surface area contributed by atoms with Gasteiger partial charge in [0.05, 0.1) is 24.0 Å². The number of rotatable bonds is 4. The average molecular weight is 603 g/mol. The van der Waals surface area contributed by atoms with Crippen LogP contribution in [0.3, 0.4) is 0 Å². The lowest BCUT2D eigenvalue weighted by molar-refractivity contribution is -0.137. The summed E-state index contributed by atoms with van der Waals surface area (Å²) in [6.45, 7) is 5.77. The van der Waals surface area contributed by atoms with Crippen LogP contribution in [-0.2, 0) is 21.8 Å². The number of methoxy groups -OCH3 is 1. The standard InChI is InChI=1S/C26H28F6N6O4/c1-24(2,3)42-23(40)38-9-5-6-13(12-38)35-21-34-11-16(25(27,28)29)19(37-21)15-10-33-20-14(15)7-8-17(36-22(39)41-4)18(20)26(30,31)32/h7-8,10-11,13,33H,5-6,9,12H2,1-4H3,(H,36,39)(H,34,35,37). The first kappa shape index (κ1) is 30.7. The molecule has 0 spiro atoms. The van der Waals surface area contributed by atoms with E-state index >= 15 is 0 Å². The van der Waals surface area contributed by atoms with E-state index in [-0.39, 0.29) is 23.4 Å². The summed E-state index contributed by atoms with van der Waals surface area (Å²) < 4.78 is 94.0. The summed E-state index contributed by atoms with van der Waals surface area (Å²) in [6, 6.07) is 1.62. The van der Waals surface area contributed by atoms with Gasteiger partial charge < -0.3 is 24.7 Å². The number of H-pyrrole nitrogens is 1. The first-order valence-corrected chi connectivity index (χ1v) is 12.7. The van der Waals surface area contributed by atoms with E-state index in [4.69, 9.17) is 4.74 Å². The number of anilines is 2. The molecule has 3 heterocycles. The molecule has 1 aromatic carbocycles. The minimum absolute atomic E-state index is 0.173. The van der Waals surface area contributed by atoms with E-state index in [2.05, 4.69) is 25.0 Å². The van der Waals surface area contributed by atoms with Gasteiger partial charge >= 0.3 is 24.5 Å². The van der Waals surface area contributed by atoms with Crippen molar-refractivity contribution in [2.75, 3.05) is 30.8 Å². The van der Waals surface area contributed by atoms with Crippen LogP contribution in [0.25, 0.3) is 22.2 Å². The third-order valence-corrected chi connectivity index (χ3v) is 6.32. The normalized spacial score (nSPS) is 16.3. The molecule has 0 aliphatic carbocycles. The molecule has 3 N–H and O–H groups in total. The Morgan fingerprint density at radius 2 is 1.81 bits per heavy atom. The number of aromatic nitrogens is 3. The number of ether oxygens (including phenoxy) is 2. The Bertz CT molecular complexity index is 1480. The minimum Gasteiger partial charge on any atom is -0.453 e. The molecule has 0 bridgehead atoms. The third-order valence-electron chi connectivity index (χ3n) is 6.32. The highest BCUT2D eigenvalue weighted by molar-refractivity contribution is 6.01. The van der Waals surface area contributed by atoms with Crippen molar-refractivity contribution in [2.45, 2.75) is 57.6 Å². The molecule has 228 valence electrons. The molecule has 1 fully saturated rings. The van der Waals surface area contributed by atoms with Crippen LogP contribution in [0.1, 0.15) is 44.7 Å². The zero-order valence-electron chi connectivity index (χ0n) is 23.0. The molecule has 4 rings (SSSR count). The van der Waals surface area contributed by atoms with Crippen LogP contribution in [0.2, 0.25) is 0 Å². The topological polar surface area (TPSA) is 121 Å². The highest BCUT2D eigenvalue weighted by Gasteiger charge is 2.39. The van der Waals surface area contributed by atoms with Crippen molar-refractivity contribution in [3.05, 3.63) is 35.7 Å². The van der Waals surface area contributed by atoms with Crippen molar-refractivity contribution < 1.29 is 45.4 Å². The SMILES string of the molecule is COC(=O)Nc1ccc2c(-c3nc(NC4CCCN(C(=O)OC(C)(C)C)C4)ncc3C(F)(F)F)c[nH]c2c1C(F)(F)F. The predicted octanol–water partition coefficient (Wildman–Crippen LogP) is 6.65. The molecule has 10 nitrogen and oxygen atoms in total. The summed E-state index contributed by atoms with van der Waals surface area (Å²) in [5.41, 5.74) is -5.43. The molecule has 0 radical (unpaired) electrons. The molecule has 2 amide bonds. The molecule has 0 saturated carbocycles. The zero-order valence-corrected chi connectivity index (χ0v) is 23.0.